The van der Waals surface area contributed by atoms with E-state index in [0.717, 1.165) is 22.7 Å². The second kappa shape index (κ2) is 22.3. The number of para-hydroxylation sites is 4. The molecule has 4 nitrogen and oxygen atoms in total. The quantitative estimate of drug-likeness (QED) is 0.130. The highest BCUT2D eigenvalue weighted by Crippen LogP contribution is 2.43. The van der Waals surface area contributed by atoms with Gasteiger partial charge in [0.15, 0.2) is 0 Å². The Bertz CT molecular complexity index is 6550. The highest BCUT2D eigenvalue weighted by Gasteiger charge is 2.21. The van der Waals surface area contributed by atoms with Crippen molar-refractivity contribution >= 4 is 98.0 Å². The van der Waals surface area contributed by atoms with Gasteiger partial charge in [0, 0.05) is 65.8 Å². The van der Waals surface area contributed by atoms with Crippen LogP contribution in [0.15, 0.2) is 364 Å². The number of fused-ring (bicyclic) bond motifs is 13. The minimum absolute atomic E-state index is 1.13. The van der Waals surface area contributed by atoms with Crippen LogP contribution in [-0.2, 0) is 0 Å². The molecule has 0 radical (unpaired) electrons. The predicted octanol–water partition coefficient (Wildman–Crippen LogP) is 25.2. The van der Waals surface area contributed by atoms with Gasteiger partial charge >= 0.3 is 0 Å². The van der Waals surface area contributed by atoms with E-state index in [1.165, 1.54) is 165 Å². The Labute approximate surface area is 566 Å². The van der Waals surface area contributed by atoms with Gasteiger partial charge in [0.25, 0.3) is 0 Å². The van der Waals surface area contributed by atoms with Crippen molar-refractivity contribution in [3.05, 3.63) is 364 Å². The number of nitrogens with zero attached hydrogens (tertiary/aromatic N) is 4. The minimum Gasteiger partial charge on any atom is -0.309 e. The zero-order chi connectivity index (χ0) is 64.4. The molecule has 4 heterocycles. The zero-order valence-electron chi connectivity index (χ0n) is 53.4. The highest BCUT2D eigenvalue weighted by atomic mass is 15.0. The summed E-state index contributed by atoms with van der Waals surface area (Å²) in [5, 5.41) is 12.4. The van der Waals surface area contributed by atoms with Gasteiger partial charge < -0.3 is 18.3 Å². The number of aromatic nitrogens is 4. The maximum absolute atomic E-state index is 2.42. The first-order valence-corrected chi connectivity index (χ1v) is 33.8. The molecule has 0 aliphatic heterocycles. The smallest absolute Gasteiger partial charge is 0.0547 e. The number of benzene rings is 16. The molecule has 0 unspecified atom stereocenters. The van der Waals surface area contributed by atoms with Gasteiger partial charge in [0.2, 0.25) is 0 Å². The third kappa shape index (κ3) is 9.00. The number of rotatable bonds is 10. The third-order valence-corrected chi connectivity index (χ3v) is 20.6. The Kier molecular flexibility index (Phi) is 12.6. The molecule has 0 bridgehead atoms. The minimum atomic E-state index is 1.13. The topological polar surface area (TPSA) is 19.7 Å². The molecule has 0 saturated carbocycles. The van der Waals surface area contributed by atoms with Gasteiger partial charge in [-0.2, -0.15) is 0 Å². The summed E-state index contributed by atoms with van der Waals surface area (Å²) in [6.07, 6.45) is 0. The van der Waals surface area contributed by atoms with Crippen LogP contribution in [0.4, 0.5) is 0 Å². The molecule has 20 rings (SSSR count). The zero-order valence-corrected chi connectivity index (χ0v) is 53.4. The van der Waals surface area contributed by atoms with E-state index >= 15 is 0 Å². The van der Waals surface area contributed by atoms with Crippen molar-refractivity contribution in [2.75, 3.05) is 0 Å². The van der Waals surface area contributed by atoms with E-state index < -0.39 is 0 Å². The Balaban J connectivity index is 0.583. The van der Waals surface area contributed by atoms with Crippen molar-refractivity contribution in [2.24, 2.45) is 0 Å². The van der Waals surface area contributed by atoms with Crippen molar-refractivity contribution in [1.29, 1.82) is 0 Å². The van der Waals surface area contributed by atoms with Crippen LogP contribution >= 0.6 is 0 Å². The SMILES string of the molecule is c1ccc(-c2ccc3c(c2)c2cc(-c4ccc5c(c4)c4ccccc4n5-c4ccc(-c5ccc(-c6ccc(-n7c8ccccc8c8cc(-c9ccc%10c(c9)c9ccc(-c%11ccc%12ccccc%12c%11)cc9n%10-c9ccccc9)ccc87)cc6)cc5)cc4)ccc2n3-c2ccccc2)cc1. The standard InChI is InChI=1S/C94H60N4/c1-4-16-61(17-5-1)69-39-49-92-85(55-69)86-59-73(43-53-93(86)95(92)75-20-6-2-7-21-75)71-41-51-90-83(57-71)80-25-13-15-27-88(80)97(90)78-46-36-66(37-47-78)64-30-28-63(29-31-64)65-34-44-77(45-35-65)96-87-26-14-12-24-79(87)82-56-70(40-50-89(82)96)72-42-52-91-84(58-72)81-48-38-74(60-94(81)98(91)76-22-8-3-9-23-76)68-33-32-62-18-10-11-19-67(62)54-68/h1-60H. The van der Waals surface area contributed by atoms with Crippen LogP contribution in [0.25, 0.3) is 188 Å². The summed E-state index contributed by atoms with van der Waals surface area (Å²) in [4.78, 5) is 0. The van der Waals surface area contributed by atoms with E-state index in [0.29, 0.717) is 0 Å². The molecule has 456 valence electrons. The van der Waals surface area contributed by atoms with Crippen LogP contribution in [0.5, 0.6) is 0 Å². The lowest BCUT2D eigenvalue weighted by Gasteiger charge is -2.11. The third-order valence-electron chi connectivity index (χ3n) is 20.6. The normalized spacial score (nSPS) is 11.9. The summed E-state index contributed by atoms with van der Waals surface area (Å²) in [6, 6.07) is 134. The maximum Gasteiger partial charge on any atom is 0.0547 e. The van der Waals surface area contributed by atoms with Crippen molar-refractivity contribution < 1.29 is 0 Å². The van der Waals surface area contributed by atoms with Crippen molar-refractivity contribution in [1.82, 2.24) is 18.3 Å². The Morgan fingerprint density at radius 3 is 0.816 bits per heavy atom. The van der Waals surface area contributed by atoms with Gasteiger partial charge in [-0.3, -0.25) is 0 Å². The average molecular weight is 1250 g/mol. The molecular weight excluding hydrogens is 1190 g/mol. The number of hydrogen-bond donors (Lipinski definition) is 0. The van der Waals surface area contributed by atoms with E-state index in [9.17, 15) is 0 Å². The monoisotopic (exact) mass is 1240 g/mol. The molecule has 0 fully saturated rings. The van der Waals surface area contributed by atoms with Gasteiger partial charge in [-0.1, -0.05) is 231 Å². The summed E-state index contributed by atoms with van der Waals surface area (Å²) in [6.45, 7) is 0. The van der Waals surface area contributed by atoms with Crippen LogP contribution in [0.1, 0.15) is 0 Å². The lowest BCUT2D eigenvalue weighted by molar-refractivity contribution is 1.18. The first-order valence-electron chi connectivity index (χ1n) is 33.8. The Morgan fingerprint density at radius 2 is 0.378 bits per heavy atom. The van der Waals surface area contributed by atoms with Crippen LogP contribution in [0.3, 0.4) is 0 Å². The van der Waals surface area contributed by atoms with Crippen molar-refractivity contribution in [3.8, 4) is 89.5 Å². The Hall–Kier alpha value is -13.0. The van der Waals surface area contributed by atoms with Gasteiger partial charge in [-0.25, -0.2) is 0 Å². The fourth-order valence-corrected chi connectivity index (χ4v) is 15.8. The largest absolute Gasteiger partial charge is 0.309 e. The van der Waals surface area contributed by atoms with Gasteiger partial charge in [-0.15, -0.1) is 0 Å². The molecule has 0 aliphatic rings. The molecule has 4 aromatic heterocycles. The molecule has 4 heteroatoms. The van der Waals surface area contributed by atoms with Gasteiger partial charge in [-0.05, 0) is 211 Å². The summed E-state index contributed by atoms with van der Waals surface area (Å²) >= 11 is 0. The summed E-state index contributed by atoms with van der Waals surface area (Å²) in [7, 11) is 0. The maximum atomic E-state index is 2.42. The summed E-state index contributed by atoms with van der Waals surface area (Å²) in [5.74, 6) is 0. The van der Waals surface area contributed by atoms with Crippen molar-refractivity contribution in [2.45, 2.75) is 0 Å². The number of hydrogen-bond acceptors (Lipinski definition) is 0. The van der Waals surface area contributed by atoms with Crippen LogP contribution in [0.2, 0.25) is 0 Å². The van der Waals surface area contributed by atoms with E-state index in [-0.39, 0.29) is 0 Å². The second-order valence-corrected chi connectivity index (χ2v) is 26.0. The fraction of sp³-hybridized carbons (Fsp3) is 0. The molecule has 0 saturated heterocycles. The predicted molar refractivity (Wildman–Crippen MR) is 414 cm³/mol. The molecule has 0 amide bonds. The second-order valence-electron chi connectivity index (χ2n) is 26.0. The van der Waals surface area contributed by atoms with Crippen LogP contribution < -0.4 is 0 Å². The molecule has 0 atom stereocenters. The van der Waals surface area contributed by atoms with Gasteiger partial charge in [0.1, 0.15) is 0 Å². The van der Waals surface area contributed by atoms with Crippen molar-refractivity contribution in [3.63, 3.8) is 0 Å². The lowest BCUT2D eigenvalue weighted by Crippen LogP contribution is -1.94. The first kappa shape index (κ1) is 55.4. The van der Waals surface area contributed by atoms with E-state index in [1.807, 2.05) is 0 Å². The molecular formula is C94H60N4. The van der Waals surface area contributed by atoms with Crippen LogP contribution in [-0.4, -0.2) is 18.3 Å². The fourth-order valence-electron chi connectivity index (χ4n) is 15.8. The summed E-state index contributed by atoms with van der Waals surface area (Å²) in [5.41, 5.74) is 28.4. The van der Waals surface area contributed by atoms with E-state index in [2.05, 4.69) is 382 Å². The lowest BCUT2D eigenvalue weighted by atomic mass is 9.98. The van der Waals surface area contributed by atoms with E-state index in [4.69, 9.17) is 0 Å². The Morgan fingerprint density at radius 1 is 0.122 bits per heavy atom. The molecule has 16 aromatic carbocycles. The highest BCUT2D eigenvalue weighted by molar-refractivity contribution is 6.16. The molecule has 0 spiro atoms. The summed E-state index contributed by atoms with van der Waals surface area (Å²) < 4.78 is 9.66. The molecule has 0 N–H and O–H groups in total. The molecule has 20 aromatic rings. The molecule has 98 heavy (non-hydrogen) atoms. The first-order chi connectivity index (χ1) is 48.6. The van der Waals surface area contributed by atoms with E-state index in [1.54, 1.807) is 0 Å². The average Bonchev–Trinajstić information content (AvgIpc) is 1.60. The van der Waals surface area contributed by atoms with Gasteiger partial charge in [0.05, 0.1) is 44.1 Å². The molecule has 0 aliphatic carbocycles. The van der Waals surface area contributed by atoms with Crippen LogP contribution in [0, 0.1) is 0 Å².